The quantitative estimate of drug-likeness (QED) is 0.681. The first-order valence-corrected chi connectivity index (χ1v) is 9.49. The Balaban J connectivity index is 1.86. The minimum absolute atomic E-state index is 0.0938. The largest absolute Gasteiger partial charge is 0.273 e. The smallest absolute Gasteiger partial charge is 0.266 e. The summed E-state index contributed by atoms with van der Waals surface area (Å²) >= 11 is 0. The fraction of sp³-hybridized carbons (Fsp3) is 0.0500. The molecule has 0 aliphatic rings. The number of hydrazine groups is 1. The maximum absolute atomic E-state index is 12.7. The molecule has 0 heterocycles. The summed E-state index contributed by atoms with van der Waals surface area (Å²) in [7, 11) is -3.94. The molecule has 132 valence electrons. The molecule has 2 N–H and O–H groups in total. The monoisotopic (exact) mass is 366 g/mol. The van der Waals surface area contributed by atoms with Crippen LogP contribution in [0.3, 0.4) is 0 Å². The van der Waals surface area contributed by atoms with E-state index in [-0.39, 0.29) is 4.90 Å². The van der Waals surface area contributed by atoms with Crippen LogP contribution in [0.15, 0.2) is 83.8 Å². The van der Waals surface area contributed by atoms with Crippen molar-refractivity contribution in [3.63, 3.8) is 0 Å². The van der Waals surface area contributed by atoms with Crippen LogP contribution in [0.25, 0.3) is 11.1 Å². The second-order valence-electron chi connectivity index (χ2n) is 5.74. The molecular formula is C20H18N2O3S. The molecule has 3 aromatic rings. The van der Waals surface area contributed by atoms with Gasteiger partial charge in [0.2, 0.25) is 0 Å². The van der Waals surface area contributed by atoms with Crippen LogP contribution in [-0.4, -0.2) is 14.3 Å². The molecule has 0 atom stereocenters. The molecule has 0 aliphatic heterocycles. The Morgan fingerprint density at radius 2 is 1.42 bits per heavy atom. The highest BCUT2D eigenvalue weighted by molar-refractivity contribution is 7.89. The van der Waals surface area contributed by atoms with Gasteiger partial charge in [-0.1, -0.05) is 66.7 Å². The average molecular weight is 366 g/mol. The number of benzene rings is 3. The number of rotatable bonds is 5. The normalized spacial score (nSPS) is 11.1. The standard InChI is InChI=1S/C20H18N2O3S/c1-15-9-5-6-12-17(15)20(23)21-22-26(24,25)19-14-8-7-13-18(19)16-10-3-2-4-11-16/h2-14,22H,1H3,(H,21,23). The lowest BCUT2D eigenvalue weighted by Crippen LogP contribution is -2.41. The van der Waals surface area contributed by atoms with Gasteiger partial charge in [0.15, 0.2) is 0 Å². The van der Waals surface area contributed by atoms with E-state index in [4.69, 9.17) is 0 Å². The number of carbonyl (C=O) groups is 1. The van der Waals surface area contributed by atoms with Crippen molar-refractivity contribution < 1.29 is 13.2 Å². The van der Waals surface area contributed by atoms with Crippen molar-refractivity contribution in [3.05, 3.63) is 90.0 Å². The molecule has 3 aromatic carbocycles. The van der Waals surface area contributed by atoms with Crippen LogP contribution in [-0.2, 0) is 10.0 Å². The predicted molar refractivity (Wildman–Crippen MR) is 101 cm³/mol. The third-order valence-corrected chi connectivity index (χ3v) is 5.26. The van der Waals surface area contributed by atoms with Crippen LogP contribution in [0.5, 0.6) is 0 Å². The van der Waals surface area contributed by atoms with Crippen molar-refractivity contribution >= 4 is 15.9 Å². The summed E-state index contributed by atoms with van der Waals surface area (Å²) in [4.78, 5) is 14.5. The number of hydrogen-bond acceptors (Lipinski definition) is 3. The second-order valence-corrected chi connectivity index (χ2v) is 7.39. The van der Waals surface area contributed by atoms with E-state index < -0.39 is 15.9 Å². The zero-order chi connectivity index (χ0) is 18.6. The van der Waals surface area contributed by atoms with E-state index in [1.165, 1.54) is 6.07 Å². The first-order chi connectivity index (χ1) is 12.5. The number of sulfonamides is 1. The summed E-state index contributed by atoms with van der Waals surface area (Å²) in [6.07, 6.45) is 0. The number of hydrogen-bond donors (Lipinski definition) is 2. The minimum atomic E-state index is -3.94. The molecule has 0 radical (unpaired) electrons. The van der Waals surface area contributed by atoms with Gasteiger partial charge in [0.25, 0.3) is 15.9 Å². The number of amides is 1. The van der Waals surface area contributed by atoms with E-state index in [0.29, 0.717) is 11.1 Å². The summed E-state index contributed by atoms with van der Waals surface area (Å²) in [5.74, 6) is -0.510. The van der Waals surface area contributed by atoms with Crippen LogP contribution in [0.2, 0.25) is 0 Å². The van der Waals surface area contributed by atoms with Gasteiger partial charge in [-0.15, -0.1) is 4.83 Å². The first-order valence-electron chi connectivity index (χ1n) is 8.01. The molecule has 0 spiro atoms. The summed E-state index contributed by atoms with van der Waals surface area (Å²) in [6.45, 7) is 1.79. The van der Waals surface area contributed by atoms with Gasteiger partial charge in [-0.3, -0.25) is 10.2 Å². The Morgan fingerprint density at radius 3 is 2.15 bits per heavy atom. The van der Waals surface area contributed by atoms with Gasteiger partial charge in [0, 0.05) is 11.1 Å². The lowest BCUT2D eigenvalue weighted by Gasteiger charge is -2.13. The summed E-state index contributed by atoms with van der Waals surface area (Å²) in [5.41, 5.74) is 4.78. The van der Waals surface area contributed by atoms with Gasteiger partial charge in [-0.2, -0.15) is 0 Å². The van der Waals surface area contributed by atoms with Crippen molar-refractivity contribution in [2.45, 2.75) is 11.8 Å². The summed E-state index contributed by atoms with van der Waals surface area (Å²) in [6, 6.07) is 22.8. The van der Waals surface area contributed by atoms with E-state index in [1.807, 2.05) is 36.4 Å². The molecule has 0 saturated heterocycles. The number of carbonyl (C=O) groups excluding carboxylic acids is 1. The Morgan fingerprint density at radius 1 is 0.808 bits per heavy atom. The fourth-order valence-corrected chi connectivity index (χ4v) is 3.69. The van der Waals surface area contributed by atoms with Crippen molar-refractivity contribution in [1.82, 2.24) is 10.3 Å². The number of nitrogens with one attached hydrogen (secondary N) is 2. The Kier molecular flexibility index (Phi) is 5.16. The maximum Gasteiger partial charge on any atom is 0.266 e. The molecule has 0 aliphatic carbocycles. The van der Waals surface area contributed by atoms with E-state index >= 15 is 0 Å². The molecule has 0 unspecified atom stereocenters. The van der Waals surface area contributed by atoms with Gasteiger partial charge >= 0.3 is 0 Å². The van der Waals surface area contributed by atoms with E-state index in [2.05, 4.69) is 10.3 Å². The Labute approximate surface area is 152 Å². The molecule has 26 heavy (non-hydrogen) atoms. The topological polar surface area (TPSA) is 75.3 Å². The van der Waals surface area contributed by atoms with Crippen LogP contribution < -0.4 is 10.3 Å². The zero-order valence-corrected chi connectivity index (χ0v) is 15.0. The molecule has 0 aromatic heterocycles. The van der Waals surface area contributed by atoms with Crippen molar-refractivity contribution in [1.29, 1.82) is 0 Å². The zero-order valence-electron chi connectivity index (χ0n) is 14.1. The highest BCUT2D eigenvalue weighted by atomic mass is 32.2. The van der Waals surface area contributed by atoms with Crippen LogP contribution >= 0.6 is 0 Å². The molecule has 6 heteroatoms. The van der Waals surface area contributed by atoms with Gasteiger partial charge in [-0.25, -0.2) is 8.42 Å². The van der Waals surface area contributed by atoms with Crippen molar-refractivity contribution in [2.75, 3.05) is 0 Å². The molecule has 0 bridgehead atoms. The molecule has 0 saturated carbocycles. The molecule has 0 fully saturated rings. The molecule has 3 rings (SSSR count). The van der Waals surface area contributed by atoms with E-state index in [1.54, 1.807) is 43.3 Å². The fourth-order valence-electron chi connectivity index (χ4n) is 2.62. The summed E-state index contributed by atoms with van der Waals surface area (Å²) in [5, 5.41) is 0. The third-order valence-electron chi connectivity index (χ3n) is 3.95. The van der Waals surface area contributed by atoms with Crippen LogP contribution in [0.1, 0.15) is 15.9 Å². The SMILES string of the molecule is Cc1ccccc1C(=O)NNS(=O)(=O)c1ccccc1-c1ccccc1. The number of aryl methyl sites for hydroxylation is 1. The minimum Gasteiger partial charge on any atom is -0.273 e. The molecule has 5 nitrogen and oxygen atoms in total. The van der Waals surface area contributed by atoms with Gasteiger partial charge in [0.1, 0.15) is 0 Å². The van der Waals surface area contributed by atoms with Crippen LogP contribution in [0.4, 0.5) is 0 Å². The van der Waals surface area contributed by atoms with Crippen molar-refractivity contribution in [2.24, 2.45) is 0 Å². The Hall–Kier alpha value is -2.96. The van der Waals surface area contributed by atoms with Gasteiger partial charge in [0.05, 0.1) is 4.90 Å². The Bertz CT molecular complexity index is 1030. The maximum atomic E-state index is 12.7. The predicted octanol–water partition coefficient (Wildman–Crippen LogP) is 3.29. The average Bonchev–Trinajstić information content (AvgIpc) is 2.67. The molecule has 1 amide bonds. The van der Waals surface area contributed by atoms with Gasteiger partial charge < -0.3 is 0 Å². The van der Waals surface area contributed by atoms with Crippen LogP contribution in [0, 0.1) is 6.92 Å². The van der Waals surface area contributed by atoms with Crippen molar-refractivity contribution in [3.8, 4) is 11.1 Å². The highest BCUT2D eigenvalue weighted by Crippen LogP contribution is 2.26. The second kappa shape index (κ2) is 7.51. The van der Waals surface area contributed by atoms with E-state index in [0.717, 1.165) is 11.1 Å². The lowest BCUT2D eigenvalue weighted by atomic mass is 10.1. The van der Waals surface area contributed by atoms with Gasteiger partial charge in [-0.05, 0) is 30.2 Å². The molecular weight excluding hydrogens is 348 g/mol. The lowest BCUT2D eigenvalue weighted by molar-refractivity contribution is 0.0944. The summed E-state index contributed by atoms with van der Waals surface area (Å²) < 4.78 is 25.4. The van der Waals surface area contributed by atoms with E-state index in [9.17, 15) is 13.2 Å². The highest BCUT2D eigenvalue weighted by Gasteiger charge is 2.20. The first kappa shape index (κ1) is 17.8. The third kappa shape index (κ3) is 3.82.